The summed E-state index contributed by atoms with van der Waals surface area (Å²) >= 11 is 2.00. The van der Waals surface area contributed by atoms with Crippen molar-refractivity contribution in [2.45, 2.75) is 56.0 Å². The van der Waals surface area contributed by atoms with E-state index in [0.29, 0.717) is 12.1 Å². The topological polar surface area (TPSA) is 12.0 Å². The number of rotatable bonds is 3. The number of benzene rings is 1. The van der Waals surface area contributed by atoms with Gasteiger partial charge in [0.25, 0.3) is 0 Å². The van der Waals surface area contributed by atoms with Crippen molar-refractivity contribution in [1.82, 2.24) is 5.32 Å². The molecule has 0 saturated heterocycles. The lowest BCUT2D eigenvalue weighted by Gasteiger charge is -2.30. The van der Waals surface area contributed by atoms with Crippen LogP contribution >= 0.6 is 11.8 Å². The van der Waals surface area contributed by atoms with Gasteiger partial charge >= 0.3 is 0 Å². The molecular weight excluding hydrogens is 238 g/mol. The van der Waals surface area contributed by atoms with E-state index in [1.54, 1.807) is 0 Å². The first kappa shape index (κ1) is 12.6. The second-order valence-corrected chi connectivity index (χ2v) is 6.82. The SMILES string of the molecule is CC(NC1CSc2ccccc21)C1CCCCC1. The van der Waals surface area contributed by atoms with Crippen molar-refractivity contribution in [2.75, 3.05) is 5.75 Å². The lowest BCUT2D eigenvalue weighted by Crippen LogP contribution is -2.37. The number of hydrogen-bond donors (Lipinski definition) is 1. The summed E-state index contributed by atoms with van der Waals surface area (Å²) in [5.74, 6) is 2.10. The Morgan fingerprint density at radius 2 is 1.94 bits per heavy atom. The number of hydrogen-bond acceptors (Lipinski definition) is 2. The maximum atomic E-state index is 3.88. The Morgan fingerprint density at radius 3 is 2.78 bits per heavy atom. The van der Waals surface area contributed by atoms with E-state index in [-0.39, 0.29) is 0 Å². The Kier molecular flexibility index (Phi) is 3.95. The van der Waals surface area contributed by atoms with Crippen LogP contribution in [-0.4, -0.2) is 11.8 Å². The van der Waals surface area contributed by atoms with Crippen molar-refractivity contribution < 1.29 is 0 Å². The Labute approximate surface area is 115 Å². The summed E-state index contributed by atoms with van der Waals surface area (Å²) in [6.07, 6.45) is 7.18. The lowest BCUT2D eigenvalue weighted by atomic mass is 9.84. The molecule has 1 nitrogen and oxygen atoms in total. The zero-order valence-electron chi connectivity index (χ0n) is 11.2. The van der Waals surface area contributed by atoms with Gasteiger partial charge in [-0.15, -0.1) is 11.8 Å². The third kappa shape index (κ3) is 2.60. The molecule has 1 aliphatic heterocycles. The summed E-state index contributed by atoms with van der Waals surface area (Å²) in [4.78, 5) is 1.48. The summed E-state index contributed by atoms with van der Waals surface area (Å²) in [6.45, 7) is 2.39. The summed E-state index contributed by atoms with van der Waals surface area (Å²) in [5, 5.41) is 3.88. The monoisotopic (exact) mass is 261 g/mol. The van der Waals surface area contributed by atoms with Crippen molar-refractivity contribution in [3.63, 3.8) is 0 Å². The fraction of sp³-hybridized carbons (Fsp3) is 0.625. The largest absolute Gasteiger partial charge is 0.306 e. The lowest BCUT2D eigenvalue weighted by molar-refractivity contribution is 0.269. The van der Waals surface area contributed by atoms with Crippen LogP contribution in [0.15, 0.2) is 29.2 Å². The van der Waals surface area contributed by atoms with E-state index >= 15 is 0 Å². The average molecular weight is 261 g/mol. The summed E-state index contributed by atoms with van der Waals surface area (Å²) < 4.78 is 0. The Hall–Kier alpha value is -0.470. The molecule has 2 heteroatoms. The van der Waals surface area contributed by atoms with Gasteiger partial charge in [-0.25, -0.2) is 0 Å². The fourth-order valence-corrected chi connectivity index (χ4v) is 4.56. The van der Waals surface area contributed by atoms with Crippen molar-refractivity contribution in [1.29, 1.82) is 0 Å². The molecule has 3 rings (SSSR count). The third-order valence-corrected chi connectivity index (χ3v) is 5.70. The van der Waals surface area contributed by atoms with Crippen LogP contribution < -0.4 is 5.32 Å². The van der Waals surface area contributed by atoms with Crippen LogP contribution in [0, 0.1) is 5.92 Å². The summed E-state index contributed by atoms with van der Waals surface area (Å²) in [6, 6.07) is 10.1. The maximum Gasteiger partial charge on any atom is 0.0428 e. The van der Waals surface area contributed by atoms with Gasteiger partial charge in [-0.3, -0.25) is 0 Å². The van der Waals surface area contributed by atoms with Gasteiger partial charge in [0.2, 0.25) is 0 Å². The molecule has 1 heterocycles. The predicted octanol–water partition coefficient (Wildman–Crippen LogP) is 4.39. The van der Waals surface area contributed by atoms with Gasteiger partial charge < -0.3 is 5.32 Å². The van der Waals surface area contributed by atoms with E-state index in [9.17, 15) is 0 Å². The minimum atomic E-state index is 0.572. The molecule has 1 aliphatic carbocycles. The highest BCUT2D eigenvalue weighted by atomic mass is 32.2. The van der Waals surface area contributed by atoms with Gasteiger partial charge in [-0.05, 0) is 37.3 Å². The second kappa shape index (κ2) is 5.66. The molecular formula is C16H23NS. The Morgan fingerprint density at radius 1 is 1.17 bits per heavy atom. The average Bonchev–Trinajstić information content (AvgIpc) is 2.83. The molecule has 1 saturated carbocycles. The minimum Gasteiger partial charge on any atom is -0.306 e. The van der Waals surface area contributed by atoms with Crippen molar-refractivity contribution in [3.8, 4) is 0 Å². The van der Waals surface area contributed by atoms with E-state index in [0.717, 1.165) is 5.92 Å². The molecule has 0 spiro atoms. The number of fused-ring (bicyclic) bond motifs is 1. The van der Waals surface area contributed by atoms with E-state index in [4.69, 9.17) is 0 Å². The van der Waals surface area contributed by atoms with Crippen LogP contribution in [0.1, 0.15) is 50.6 Å². The maximum absolute atomic E-state index is 3.88. The second-order valence-electron chi connectivity index (χ2n) is 5.75. The van der Waals surface area contributed by atoms with E-state index in [1.807, 2.05) is 11.8 Å². The smallest absolute Gasteiger partial charge is 0.0428 e. The van der Waals surface area contributed by atoms with Gasteiger partial charge in [-0.1, -0.05) is 37.5 Å². The highest BCUT2D eigenvalue weighted by Crippen LogP contribution is 2.38. The molecule has 1 aromatic carbocycles. The molecule has 0 amide bonds. The minimum absolute atomic E-state index is 0.572. The first-order chi connectivity index (χ1) is 8.84. The molecule has 0 radical (unpaired) electrons. The normalized spacial score (nSPS) is 25.9. The van der Waals surface area contributed by atoms with Crippen LogP contribution in [-0.2, 0) is 0 Å². The van der Waals surface area contributed by atoms with Gasteiger partial charge in [0.15, 0.2) is 0 Å². The highest BCUT2D eigenvalue weighted by Gasteiger charge is 2.27. The Bertz CT molecular complexity index is 398. The van der Waals surface area contributed by atoms with Crippen molar-refractivity contribution in [2.24, 2.45) is 5.92 Å². The van der Waals surface area contributed by atoms with Gasteiger partial charge in [-0.2, -0.15) is 0 Å². The number of nitrogens with one attached hydrogen (secondary N) is 1. The van der Waals surface area contributed by atoms with E-state index in [1.165, 1.54) is 48.3 Å². The molecule has 0 aromatic heterocycles. The van der Waals surface area contributed by atoms with Crippen LogP contribution in [0.4, 0.5) is 0 Å². The van der Waals surface area contributed by atoms with Gasteiger partial charge in [0.05, 0.1) is 0 Å². The van der Waals surface area contributed by atoms with Crippen LogP contribution in [0.5, 0.6) is 0 Å². The quantitative estimate of drug-likeness (QED) is 0.866. The third-order valence-electron chi connectivity index (χ3n) is 4.52. The molecule has 18 heavy (non-hydrogen) atoms. The number of thioether (sulfide) groups is 1. The highest BCUT2D eigenvalue weighted by molar-refractivity contribution is 7.99. The predicted molar refractivity (Wildman–Crippen MR) is 79.1 cm³/mol. The Balaban J connectivity index is 1.63. The summed E-state index contributed by atoms with van der Waals surface area (Å²) in [5.41, 5.74) is 1.52. The molecule has 1 fully saturated rings. The molecule has 2 atom stereocenters. The molecule has 1 N–H and O–H groups in total. The molecule has 98 valence electrons. The van der Waals surface area contributed by atoms with Crippen molar-refractivity contribution >= 4 is 11.8 Å². The first-order valence-electron chi connectivity index (χ1n) is 7.32. The zero-order chi connectivity index (χ0) is 12.4. The molecule has 2 unspecified atom stereocenters. The van der Waals surface area contributed by atoms with Crippen LogP contribution in [0.2, 0.25) is 0 Å². The van der Waals surface area contributed by atoms with Crippen LogP contribution in [0.25, 0.3) is 0 Å². The standard InChI is InChI=1S/C16H23NS/c1-12(13-7-3-2-4-8-13)17-15-11-18-16-10-6-5-9-14(15)16/h5-6,9-10,12-13,15,17H,2-4,7-8,11H2,1H3. The van der Waals surface area contributed by atoms with Gasteiger partial charge in [0, 0.05) is 22.7 Å². The first-order valence-corrected chi connectivity index (χ1v) is 8.31. The van der Waals surface area contributed by atoms with Gasteiger partial charge in [0.1, 0.15) is 0 Å². The van der Waals surface area contributed by atoms with Crippen LogP contribution in [0.3, 0.4) is 0 Å². The summed E-state index contributed by atoms with van der Waals surface area (Å²) in [7, 11) is 0. The fourth-order valence-electron chi connectivity index (χ4n) is 3.39. The zero-order valence-corrected chi connectivity index (χ0v) is 12.0. The van der Waals surface area contributed by atoms with Crippen molar-refractivity contribution in [3.05, 3.63) is 29.8 Å². The molecule has 0 bridgehead atoms. The van der Waals surface area contributed by atoms with E-state index < -0.39 is 0 Å². The molecule has 2 aliphatic rings. The van der Waals surface area contributed by atoms with E-state index in [2.05, 4.69) is 36.5 Å². The molecule has 1 aromatic rings.